The van der Waals surface area contributed by atoms with E-state index in [9.17, 15) is 4.39 Å². The van der Waals surface area contributed by atoms with Crippen LogP contribution in [0.2, 0.25) is 0 Å². The first-order chi connectivity index (χ1) is 6.42. The lowest BCUT2D eigenvalue weighted by Gasteiger charge is -2.14. The van der Waals surface area contributed by atoms with E-state index in [1.54, 1.807) is 6.20 Å². The van der Waals surface area contributed by atoms with Crippen LogP contribution in [0.25, 0.3) is 0 Å². The van der Waals surface area contributed by atoms with Crippen LogP contribution >= 0.6 is 0 Å². The number of hydrogen-bond donors (Lipinski definition) is 1. The van der Waals surface area contributed by atoms with Crippen LogP contribution in [-0.2, 0) is 0 Å². The lowest BCUT2D eigenvalue weighted by Crippen LogP contribution is -2.12. The summed E-state index contributed by atoms with van der Waals surface area (Å²) in [5.41, 5.74) is 1.15. The molecule has 0 spiro atoms. The van der Waals surface area contributed by atoms with E-state index in [2.05, 4.69) is 10.3 Å². The Labute approximate surface area is 77.2 Å². The van der Waals surface area contributed by atoms with Gasteiger partial charge in [-0.1, -0.05) is 6.07 Å². The second-order valence-corrected chi connectivity index (χ2v) is 3.47. The lowest BCUT2D eigenvalue weighted by atomic mass is 9.91. The van der Waals surface area contributed by atoms with Gasteiger partial charge in [-0.2, -0.15) is 0 Å². The summed E-state index contributed by atoms with van der Waals surface area (Å²) in [6, 6.07) is 3.93. The van der Waals surface area contributed by atoms with Crippen LogP contribution in [-0.4, -0.2) is 24.7 Å². The van der Waals surface area contributed by atoms with E-state index in [1.165, 1.54) is 0 Å². The quantitative estimate of drug-likeness (QED) is 0.743. The van der Waals surface area contributed by atoms with E-state index in [0.29, 0.717) is 5.92 Å². The number of halogens is 1. The molecule has 1 aliphatic rings. The SMILES string of the molecule is FC[C@@H]1CNC[C@H]1c1cccnc1. The van der Waals surface area contributed by atoms with Crippen molar-refractivity contribution in [3.05, 3.63) is 30.1 Å². The lowest BCUT2D eigenvalue weighted by molar-refractivity contribution is 0.358. The molecule has 13 heavy (non-hydrogen) atoms. The van der Waals surface area contributed by atoms with Crippen molar-refractivity contribution in [1.82, 2.24) is 10.3 Å². The van der Waals surface area contributed by atoms with Gasteiger partial charge in [0, 0.05) is 37.3 Å². The van der Waals surface area contributed by atoms with Gasteiger partial charge >= 0.3 is 0 Å². The molecule has 1 aromatic rings. The summed E-state index contributed by atoms with van der Waals surface area (Å²) in [6.45, 7) is 1.42. The van der Waals surface area contributed by atoms with E-state index >= 15 is 0 Å². The van der Waals surface area contributed by atoms with Crippen LogP contribution in [0.5, 0.6) is 0 Å². The fourth-order valence-electron chi connectivity index (χ4n) is 1.88. The zero-order valence-electron chi connectivity index (χ0n) is 7.41. The maximum atomic E-state index is 12.6. The van der Waals surface area contributed by atoms with Gasteiger partial charge in [0.2, 0.25) is 0 Å². The smallest absolute Gasteiger partial charge is 0.0941 e. The molecule has 0 saturated carbocycles. The molecule has 0 aromatic carbocycles. The van der Waals surface area contributed by atoms with Crippen LogP contribution < -0.4 is 5.32 Å². The standard InChI is InChI=1S/C10H13FN2/c11-4-9-6-13-7-10(9)8-2-1-3-12-5-8/h1-3,5,9-10,13H,4,6-7H2/t9-,10+/m1/s1. The molecule has 0 unspecified atom stereocenters. The van der Waals surface area contributed by atoms with Gasteiger partial charge in [-0.15, -0.1) is 0 Å². The molecule has 2 nitrogen and oxygen atoms in total. The summed E-state index contributed by atoms with van der Waals surface area (Å²) in [5, 5.41) is 3.20. The minimum absolute atomic E-state index is 0.129. The zero-order chi connectivity index (χ0) is 9.10. The summed E-state index contributed by atoms with van der Waals surface area (Å²) in [6.07, 6.45) is 3.58. The molecule has 70 valence electrons. The molecule has 0 aliphatic carbocycles. The maximum absolute atomic E-state index is 12.6. The third-order valence-electron chi connectivity index (χ3n) is 2.65. The van der Waals surface area contributed by atoms with Crippen molar-refractivity contribution in [1.29, 1.82) is 0 Å². The summed E-state index contributed by atoms with van der Waals surface area (Å²) in [7, 11) is 0. The first-order valence-electron chi connectivity index (χ1n) is 4.58. The van der Waals surface area contributed by atoms with Crippen molar-refractivity contribution in [2.45, 2.75) is 5.92 Å². The molecular weight excluding hydrogens is 167 g/mol. The molecule has 1 aromatic heterocycles. The van der Waals surface area contributed by atoms with Crippen molar-refractivity contribution in [3.8, 4) is 0 Å². The van der Waals surface area contributed by atoms with Gasteiger partial charge in [0.25, 0.3) is 0 Å². The van der Waals surface area contributed by atoms with Gasteiger partial charge in [0.05, 0.1) is 6.67 Å². The molecule has 1 saturated heterocycles. The van der Waals surface area contributed by atoms with Gasteiger partial charge in [-0.3, -0.25) is 9.37 Å². The molecular formula is C10H13FN2. The Bertz CT molecular complexity index is 263. The average molecular weight is 180 g/mol. The first-order valence-corrected chi connectivity index (χ1v) is 4.58. The Kier molecular flexibility index (Phi) is 2.54. The molecule has 2 atom stereocenters. The van der Waals surface area contributed by atoms with Crippen LogP contribution in [0.15, 0.2) is 24.5 Å². The number of pyridine rings is 1. The van der Waals surface area contributed by atoms with E-state index in [-0.39, 0.29) is 12.6 Å². The average Bonchev–Trinajstić information content (AvgIpc) is 2.67. The first kappa shape index (κ1) is 8.63. The Morgan fingerprint density at radius 3 is 3.15 bits per heavy atom. The fraction of sp³-hybridized carbons (Fsp3) is 0.500. The summed E-state index contributed by atoms with van der Waals surface area (Å²) in [5.74, 6) is 0.433. The highest BCUT2D eigenvalue weighted by Gasteiger charge is 2.28. The van der Waals surface area contributed by atoms with Gasteiger partial charge in [0.15, 0.2) is 0 Å². The normalized spacial score (nSPS) is 27.8. The molecule has 0 bridgehead atoms. The number of alkyl halides is 1. The topological polar surface area (TPSA) is 24.9 Å². The van der Waals surface area contributed by atoms with E-state index in [4.69, 9.17) is 0 Å². The third kappa shape index (κ3) is 1.70. The van der Waals surface area contributed by atoms with E-state index < -0.39 is 0 Å². The predicted octanol–water partition coefficient (Wildman–Crippen LogP) is 1.35. The number of hydrogen-bond acceptors (Lipinski definition) is 2. The molecule has 2 rings (SSSR count). The molecule has 1 fully saturated rings. The number of aromatic nitrogens is 1. The van der Waals surface area contributed by atoms with Crippen LogP contribution in [0.1, 0.15) is 11.5 Å². The van der Waals surface area contributed by atoms with Crippen LogP contribution in [0.4, 0.5) is 4.39 Å². The highest BCUT2D eigenvalue weighted by atomic mass is 19.1. The molecule has 1 N–H and O–H groups in total. The minimum atomic E-state index is -0.243. The van der Waals surface area contributed by atoms with Crippen molar-refractivity contribution < 1.29 is 4.39 Å². The molecule has 2 heterocycles. The number of nitrogens with zero attached hydrogens (tertiary/aromatic N) is 1. The van der Waals surface area contributed by atoms with Gasteiger partial charge in [-0.05, 0) is 11.6 Å². The molecule has 0 amide bonds. The van der Waals surface area contributed by atoms with E-state index in [1.807, 2.05) is 18.3 Å². The fourth-order valence-corrected chi connectivity index (χ4v) is 1.88. The highest BCUT2D eigenvalue weighted by Crippen LogP contribution is 2.27. The van der Waals surface area contributed by atoms with Gasteiger partial charge in [-0.25, -0.2) is 0 Å². The van der Waals surface area contributed by atoms with Crippen molar-refractivity contribution in [2.75, 3.05) is 19.8 Å². The highest BCUT2D eigenvalue weighted by molar-refractivity contribution is 5.18. The molecule has 1 aliphatic heterocycles. The number of rotatable bonds is 2. The summed E-state index contributed by atoms with van der Waals surface area (Å²) in [4.78, 5) is 4.05. The van der Waals surface area contributed by atoms with Crippen LogP contribution in [0.3, 0.4) is 0 Å². The monoisotopic (exact) mass is 180 g/mol. The van der Waals surface area contributed by atoms with Crippen molar-refractivity contribution >= 4 is 0 Å². The van der Waals surface area contributed by atoms with Gasteiger partial charge in [0.1, 0.15) is 0 Å². The number of nitrogens with one attached hydrogen (secondary N) is 1. The van der Waals surface area contributed by atoms with Gasteiger partial charge < -0.3 is 5.32 Å². The minimum Gasteiger partial charge on any atom is -0.316 e. The Morgan fingerprint density at radius 2 is 2.46 bits per heavy atom. The Hall–Kier alpha value is -0.960. The van der Waals surface area contributed by atoms with Crippen molar-refractivity contribution in [2.24, 2.45) is 5.92 Å². The second-order valence-electron chi connectivity index (χ2n) is 3.47. The Balaban J connectivity index is 2.16. The summed E-state index contributed by atoms with van der Waals surface area (Å²) >= 11 is 0. The summed E-state index contributed by atoms with van der Waals surface area (Å²) < 4.78 is 12.6. The third-order valence-corrected chi connectivity index (χ3v) is 2.65. The molecule has 0 radical (unpaired) electrons. The van der Waals surface area contributed by atoms with E-state index in [0.717, 1.165) is 18.7 Å². The van der Waals surface area contributed by atoms with Crippen LogP contribution in [0, 0.1) is 5.92 Å². The maximum Gasteiger partial charge on any atom is 0.0941 e. The largest absolute Gasteiger partial charge is 0.316 e. The second kappa shape index (κ2) is 3.83. The Morgan fingerprint density at radius 1 is 1.54 bits per heavy atom. The predicted molar refractivity (Wildman–Crippen MR) is 49.3 cm³/mol. The van der Waals surface area contributed by atoms with Crippen molar-refractivity contribution in [3.63, 3.8) is 0 Å². The zero-order valence-corrected chi connectivity index (χ0v) is 7.41. The molecule has 3 heteroatoms.